The lowest BCUT2D eigenvalue weighted by atomic mass is 9.47. The maximum Gasteiger partial charge on any atom is 0.329 e. The third-order valence-electron chi connectivity index (χ3n) is 12.8. The molecule has 4 aliphatic rings. The van der Waals surface area contributed by atoms with Crippen LogP contribution >= 0.6 is 12.4 Å². The summed E-state index contributed by atoms with van der Waals surface area (Å²) < 4.78 is 6.11. The van der Waals surface area contributed by atoms with Gasteiger partial charge in [-0.05, 0) is 117 Å². The van der Waals surface area contributed by atoms with Gasteiger partial charge in [0.1, 0.15) is 12.1 Å². The van der Waals surface area contributed by atoms with Gasteiger partial charge in [-0.25, -0.2) is 4.79 Å². The van der Waals surface area contributed by atoms with Crippen LogP contribution in [0, 0.1) is 52.3 Å². The highest BCUT2D eigenvalue weighted by molar-refractivity contribution is 5.87. The number of esters is 1. The van der Waals surface area contributed by atoms with E-state index in [0.717, 1.165) is 56.3 Å². The van der Waals surface area contributed by atoms with Crippen molar-refractivity contribution in [3.63, 3.8) is 0 Å². The van der Waals surface area contributed by atoms with Crippen molar-refractivity contribution in [2.24, 2.45) is 58.0 Å². The van der Waals surface area contributed by atoms with E-state index in [4.69, 9.17) is 10.5 Å². The van der Waals surface area contributed by atoms with E-state index in [1.54, 1.807) is 0 Å². The van der Waals surface area contributed by atoms with Crippen molar-refractivity contribution in [1.29, 1.82) is 0 Å². The predicted molar refractivity (Wildman–Crippen MR) is 181 cm³/mol. The summed E-state index contributed by atoms with van der Waals surface area (Å²) in [4.78, 5) is 25.9. The lowest BCUT2D eigenvalue weighted by Gasteiger charge is -2.58. The van der Waals surface area contributed by atoms with E-state index in [0.29, 0.717) is 17.3 Å². The number of nitrogens with two attached hydrogens (primary N) is 1. The first-order chi connectivity index (χ1) is 20.0. The van der Waals surface area contributed by atoms with Crippen molar-refractivity contribution >= 4 is 24.3 Å². The molecule has 6 nitrogen and oxygen atoms in total. The van der Waals surface area contributed by atoms with Gasteiger partial charge in [0.05, 0.1) is 11.6 Å². The quantitative estimate of drug-likeness (QED) is 0.160. The smallest absolute Gasteiger partial charge is 0.329 e. The normalized spacial score (nSPS) is 35.4. The molecule has 0 radical (unpaired) electrons. The number of hydrogen-bond acceptors (Lipinski definition) is 5. The zero-order valence-electron chi connectivity index (χ0n) is 29.3. The lowest BCUT2D eigenvalue weighted by Crippen LogP contribution is -2.53. The maximum absolute atomic E-state index is 13.3. The summed E-state index contributed by atoms with van der Waals surface area (Å²) >= 11 is 0. The molecule has 1 amide bonds. The van der Waals surface area contributed by atoms with Crippen molar-refractivity contribution in [2.45, 2.75) is 157 Å². The van der Waals surface area contributed by atoms with Crippen LogP contribution in [0.2, 0.25) is 0 Å². The number of aliphatic hydroxyl groups is 1. The second kappa shape index (κ2) is 14.3. The van der Waals surface area contributed by atoms with Crippen molar-refractivity contribution in [1.82, 2.24) is 5.32 Å². The zero-order chi connectivity index (χ0) is 31.9. The molecule has 0 aliphatic heterocycles. The van der Waals surface area contributed by atoms with E-state index >= 15 is 0 Å². The molecule has 0 aromatic heterocycles. The summed E-state index contributed by atoms with van der Waals surface area (Å²) in [5, 5.41) is 13.1. The Kier molecular flexibility index (Phi) is 12.2. The molecule has 254 valence electrons. The standard InChI is InChI=1S/C37H64N2O4.ClH/c1-22(2)31(38)33(40)39-32(23(3)4)34(41)43-26-16-19-36(8)25(21-26)12-13-27-29-15-14-28(37(29,9)20-17-30(27)36)24(5)11-10-18-35(6,7)42;/h12,22-24,26-32,42H,10-11,13-21,38H2,1-9H3,(H,39,40);1H/t24-,26+,27+,28-,29+,30+,31+,32+,36+,37-;/m1./s1. The number of allylic oxidation sites excluding steroid dienone is 1. The highest BCUT2D eigenvalue weighted by atomic mass is 35.5. The third kappa shape index (κ3) is 7.71. The number of halogens is 1. The van der Waals surface area contributed by atoms with Crippen LogP contribution < -0.4 is 11.1 Å². The minimum atomic E-state index is -0.681. The molecule has 10 atom stereocenters. The minimum Gasteiger partial charge on any atom is -0.461 e. The van der Waals surface area contributed by atoms with E-state index in [2.05, 4.69) is 32.2 Å². The summed E-state index contributed by atoms with van der Waals surface area (Å²) in [6.45, 7) is 19.2. The van der Waals surface area contributed by atoms with Gasteiger partial charge in [-0.15, -0.1) is 12.4 Å². The zero-order valence-corrected chi connectivity index (χ0v) is 30.1. The first kappa shape index (κ1) is 37.3. The number of carbonyl (C=O) groups is 2. The minimum absolute atomic E-state index is 0. The molecule has 0 bridgehead atoms. The van der Waals surface area contributed by atoms with Gasteiger partial charge in [-0.2, -0.15) is 0 Å². The molecule has 4 N–H and O–H groups in total. The van der Waals surface area contributed by atoms with Gasteiger partial charge in [0, 0.05) is 6.42 Å². The van der Waals surface area contributed by atoms with E-state index in [1.807, 2.05) is 41.5 Å². The summed E-state index contributed by atoms with van der Waals surface area (Å²) in [6, 6.07) is -1.32. The van der Waals surface area contributed by atoms with Crippen LogP contribution in [-0.4, -0.2) is 40.8 Å². The molecular formula is C37H65ClN2O4. The molecule has 0 saturated heterocycles. The lowest BCUT2D eigenvalue weighted by molar-refractivity contribution is -0.156. The molecule has 0 heterocycles. The molecule has 44 heavy (non-hydrogen) atoms. The van der Waals surface area contributed by atoms with Crippen LogP contribution in [0.15, 0.2) is 11.6 Å². The fourth-order valence-electron chi connectivity index (χ4n) is 10.0. The molecule has 3 fully saturated rings. The van der Waals surface area contributed by atoms with Crippen LogP contribution in [0.25, 0.3) is 0 Å². The fraction of sp³-hybridized carbons (Fsp3) is 0.892. The number of hydrogen-bond donors (Lipinski definition) is 3. The van der Waals surface area contributed by atoms with Crippen LogP contribution in [0.1, 0.15) is 133 Å². The van der Waals surface area contributed by atoms with Crippen molar-refractivity contribution in [3.05, 3.63) is 11.6 Å². The Morgan fingerprint density at radius 3 is 2.34 bits per heavy atom. The van der Waals surface area contributed by atoms with Crippen LogP contribution in [-0.2, 0) is 14.3 Å². The van der Waals surface area contributed by atoms with Crippen molar-refractivity contribution in [3.8, 4) is 0 Å². The van der Waals surface area contributed by atoms with Gasteiger partial charge < -0.3 is 20.9 Å². The number of ether oxygens (including phenoxy) is 1. The van der Waals surface area contributed by atoms with Gasteiger partial charge in [0.2, 0.25) is 5.91 Å². The van der Waals surface area contributed by atoms with Gasteiger partial charge in [0.15, 0.2) is 0 Å². The number of carbonyl (C=O) groups excluding carboxylic acids is 2. The van der Waals surface area contributed by atoms with E-state index in [1.165, 1.54) is 37.7 Å². The van der Waals surface area contributed by atoms with Gasteiger partial charge in [-0.1, -0.05) is 73.0 Å². The Hall–Kier alpha value is -1.11. The molecule has 7 heteroatoms. The second-order valence-electron chi connectivity index (χ2n) is 17.0. The molecule has 0 aromatic rings. The summed E-state index contributed by atoms with van der Waals surface area (Å²) in [5.41, 5.74) is 7.61. The summed E-state index contributed by atoms with van der Waals surface area (Å²) in [6.07, 6.45) is 14.9. The number of nitrogens with one attached hydrogen (secondary N) is 1. The Balaban J connectivity index is 0.00000529. The van der Waals surface area contributed by atoms with E-state index in [9.17, 15) is 14.7 Å². The summed E-state index contributed by atoms with van der Waals surface area (Å²) in [5.74, 6) is 3.08. The first-order valence-corrected chi connectivity index (χ1v) is 17.7. The summed E-state index contributed by atoms with van der Waals surface area (Å²) in [7, 11) is 0. The molecule has 0 aromatic carbocycles. The number of fused-ring (bicyclic) bond motifs is 5. The topological polar surface area (TPSA) is 102 Å². The van der Waals surface area contributed by atoms with Gasteiger partial charge in [-0.3, -0.25) is 4.79 Å². The molecule has 0 unspecified atom stereocenters. The van der Waals surface area contributed by atoms with Crippen molar-refractivity contribution in [2.75, 3.05) is 0 Å². The Morgan fingerprint density at radius 2 is 1.73 bits per heavy atom. The van der Waals surface area contributed by atoms with Crippen LogP contribution in [0.3, 0.4) is 0 Å². The Morgan fingerprint density at radius 1 is 1.05 bits per heavy atom. The number of amides is 1. The van der Waals surface area contributed by atoms with E-state index in [-0.39, 0.29) is 47.6 Å². The highest BCUT2D eigenvalue weighted by Crippen LogP contribution is 2.67. The largest absolute Gasteiger partial charge is 0.461 e. The van der Waals surface area contributed by atoms with Crippen LogP contribution in [0.4, 0.5) is 0 Å². The Bertz CT molecular complexity index is 1040. The monoisotopic (exact) mass is 636 g/mol. The average Bonchev–Trinajstić information content (AvgIpc) is 3.27. The number of rotatable bonds is 11. The molecule has 0 spiro atoms. The molecule has 4 aliphatic carbocycles. The fourth-order valence-corrected chi connectivity index (χ4v) is 10.0. The SMILES string of the molecule is CC(C)[C@H](N)C(=O)N[C@H](C(=O)O[C@H]1CC[C@@]2(C)C(=CC[C@H]3[C@@H]4CC[C@H]([C@H](C)CCCC(C)(C)O)[C@@]4(C)CC[C@@H]32)C1)C(C)C.Cl. The van der Waals surface area contributed by atoms with Gasteiger partial charge in [0.25, 0.3) is 0 Å². The molecule has 3 saturated carbocycles. The van der Waals surface area contributed by atoms with Crippen molar-refractivity contribution < 1.29 is 19.4 Å². The second-order valence-corrected chi connectivity index (χ2v) is 17.0. The highest BCUT2D eigenvalue weighted by Gasteiger charge is 2.59. The predicted octanol–water partition coefficient (Wildman–Crippen LogP) is 7.60. The van der Waals surface area contributed by atoms with Gasteiger partial charge >= 0.3 is 5.97 Å². The first-order valence-electron chi connectivity index (χ1n) is 17.7. The van der Waals surface area contributed by atoms with Crippen LogP contribution in [0.5, 0.6) is 0 Å². The average molecular weight is 637 g/mol. The van der Waals surface area contributed by atoms with E-state index < -0.39 is 17.7 Å². The Labute approximate surface area is 274 Å². The molecular weight excluding hydrogens is 572 g/mol. The molecule has 4 rings (SSSR count). The maximum atomic E-state index is 13.3. The third-order valence-corrected chi connectivity index (χ3v) is 12.8.